The molecule has 0 aliphatic rings. The Bertz CT molecular complexity index is 545. The molecule has 0 radical (unpaired) electrons. The van der Waals surface area contributed by atoms with Crippen molar-refractivity contribution in [2.75, 3.05) is 7.11 Å². The molecule has 1 aromatic heterocycles. The van der Waals surface area contributed by atoms with E-state index in [1.54, 1.807) is 24.1 Å². The summed E-state index contributed by atoms with van der Waals surface area (Å²) in [4.78, 5) is 4.04. The fourth-order valence-electron chi connectivity index (χ4n) is 1.64. The van der Waals surface area contributed by atoms with Gasteiger partial charge in [0.2, 0.25) is 5.84 Å². The average Bonchev–Trinajstić information content (AvgIpc) is 2.87. The molecule has 6 nitrogen and oxygen atoms in total. The average molecular weight is 246 g/mol. The van der Waals surface area contributed by atoms with Crippen molar-refractivity contribution in [1.29, 1.82) is 0 Å². The highest BCUT2D eigenvalue weighted by atomic mass is 16.5. The summed E-state index contributed by atoms with van der Waals surface area (Å²) in [5.74, 6) is 1.24. The van der Waals surface area contributed by atoms with Gasteiger partial charge in [-0.2, -0.15) is 0 Å². The van der Waals surface area contributed by atoms with Crippen molar-refractivity contribution in [2.24, 2.45) is 10.9 Å². The van der Waals surface area contributed by atoms with Gasteiger partial charge in [0.25, 0.3) is 0 Å². The van der Waals surface area contributed by atoms with Crippen molar-refractivity contribution in [3.05, 3.63) is 48.0 Å². The van der Waals surface area contributed by atoms with Crippen LogP contribution in [0.15, 0.2) is 41.8 Å². The topological polar surface area (TPSA) is 85.7 Å². The molecule has 3 N–H and O–H groups in total. The number of nitrogens with two attached hydrogens (primary N) is 1. The third kappa shape index (κ3) is 2.42. The number of aromatic nitrogens is 2. The molecule has 0 atom stereocenters. The van der Waals surface area contributed by atoms with Crippen molar-refractivity contribution in [3.8, 4) is 5.75 Å². The van der Waals surface area contributed by atoms with E-state index >= 15 is 0 Å². The first-order valence-electron chi connectivity index (χ1n) is 5.36. The minimum atomic E-state index is -0.00601. The molecule has 0 unspecified atom stereocenters. The summed E-state index contributed by atoms with van der Waals surface area (Å²) in [6.07, 6.45) is 3.38. The number of benzene rings is 1. The van der Waals surface area contributed by atoms with Crippen molar-refractivity contribution in [2.45, 2.75) is 6.54 Å². The summed E-state index contributed by atoms with van der Waals surface area (Å²) < 4.78 is 6.89. The number of imidazole rings is 1. The van der Waals surface area contributed by atoms with Crippen LogP contribution in [0.5, 0.6) is 5.75 Å². The second-order valence-corrected chi connectivity index (χ2v) is 3.71. The summed E-state index contributed by atoms with van der Waals surface area (Å²) in [6, 6.07) is 7.68. The van der Waals surface area contributed by atoms with Crippen molar-refractivity contribution >= 4 is 5.84 Å². The van der Waals surface area contributed by atoms with Gasteiger partial charge >= 0.3 is 0 Å². The summed E-state index contributed by atoms with van der Waals surface area (Å²) in [5.41, 5.74) is 6.61. The van der Waals surface area contributed by atoms with Crippen LogP contribution >= 0.6 is 0 Å². The first-order valence-corrected chi connectivity index (χ1v) is 5.36. The molecule has 2 rings (SSSR count). The van der Waals surface area contributed by atoms with E-state index in [9.17, 15) is 0 Å². The summed E-state index contributed by atoms with van der Waals surface area (Å²) in [6.45, 7) is 0.593. The lowest BCUT2D eigenvalue weighted by Gasteiger charge is -2.07. The summed E-state index contributed by atoms with van der Waals surface area (Å²) in [5, 5.41) is 11.6. The Hall–Kier alpha value is -2.50. The van der Waals surface area contributed by atoms with E-state index in [2.05, 4.69) is 10.1 Å². The van der Waals surface area contributed by atoms with Gasteiger partial charge in [-0.05, 0) is 17.7 Å². The van der Waals surface area contributed by atoms with Crippen LogP contribution in [0.4, 0.5) is 0 Å². The Morgan fingerprint density at radius 3 is 2.78 bits per heavy atom. The van der Waals surface area contributed by atoms with Gasteiger partial charge in [0.05, 0.1) is 7.11 Å². The van der Waals surface area contributed by atoms with Crippen LogP contribution in [-0.2, 0) is 6.54 Å². The van der Waals surface area contributed by atoms with Gasteiger partial charge < -0.3 is 20.2 Å². The van der Waals surface area contributed by atoms with Gasteiger partial charge in [-0.25, -0.2) is 4.98 Å². The van der Waals surface area contributed by atoms with E-state index in [-0.39, 0.29) is 5.84 Å². The van der Waals surface area contributed by atoms with E-state index in [1.165, 1.54) is 0 Å². The number of nitrogens with zero attached hydrogens (tertiary/aromatic N) is 3. The van der Waals surface area contributed by atoms with Crippen LogP contribution < -0.4 is 10.5 Å². The minimum absolute atomic E-state index is 0.00601. The van der Waals surface area contributed by atoms with Gasteiger partial charge in [-0.15, -0.1) is 0 Å². The molecule has 6 heteroatoms. The predicted molar refractivity (Wildman–Crippen MR) is 66.8 cm³/mol. The van der Waals surface area contributed by atoms with Crippen molar-refractivity contribution in [3.63, 3.8) is 0 Å². The van der Waals surface area contributed by atoms with E-state index in [1.807, 2.05) is 24.3 Å². The van der Waals surface area contributed by atoms with Crippen LogP contribution in [0.3, 0.4) is 0 Å². The number of hydrogen-bond donors (Lipinski definition) is 2. The number of oxime groups is 1. The summed E-state index contributed by atoms with van der Waals surface area (Å²) >= 11 is 0. The third-order valence-corrected chi connectivity index (χ3v) is 2.56. The molecule has 94 valence electrons. The first-order chi connectivity index (χ1) is 8.74. The molecule has 2 aromatic rings. The molecule has 0 aliphatic heterocycles. The lowest BCUT2D eigenvalue weighted by atomic mass is 10.2. The van der Waals surface area contributed by atoms with E-state index in [0.29, 0.717) is 12.4 Å². The molecule has 0 aliphatic carbocycles. The van der Waals surface area contributed by atoms with Gasteiger partial charge in [0.15, 0.2) is 5.82 Å². The number of rotatable bonds is 4. The maximum Gasteiger partial charge on any atom is 0.206 e. The maximum atomic E-state index is 8.66. The second-order valence-electron chi connectivity index (χ2n) is 3.71. The van der Waals surface area contributed by atoms with Crippen molar-refractivity contribution in [1.82, 2.24) is 9.55 Å². The van der Waals surface area contributed by atoms with Gasteiger partial charge in [-0.1, -0.05) is 17.3 Å². The zero-order valence-electron chi connectivity index (χ0n) is 9.95. The third-order valence-electron chi connectivity index (χ3n) is 2.56. The SMILES string of the molecule is COc1ccc(Cn2ccnc2C(N)=NO)cc1. The van der Waals surface area contributed by atoms with Crippen LogP contribution in [0.2, 0.25) is 0 Å². The number of amidine groups is 1. The highest BCUT2D eigenvalue weighted by Gasteiger charge is 2.07. The molecule has 18 heavy (non-hydrogen) atoms. The molecule has 0 bridgehead atoms. The molecular formula is C12H14N4O2. The van der Waals surface area contributed by atoms with Crippen LogP contribution in [0.25, 0.3) is 0 Å². The van der Waals surface area contributed by atoms with E-state index in [0.717, 1.165) is 11.3 Å². The zero-order valence-corrected chi connectivity index (χ0v) is 9.95. The smallest absolute Gasteiger partial charge is 0.206 e. The van der Waals surface area contributed by atoms with Gasteiger partial charge in [0.1, 0.15) is 5.75 Å². The van der Waals surface area contributed by atoms with E-state index in [4.69, 9.17) is 15.7 Å². The molecule has 0 fully saturated rings. The molecule has 1 heterocycles. The Kier molecular flexibility index (Phi) is 3.47. The van der Waals surface area contributed by atoms with E-state index < -0.39 is 0 Å². The Morgan fingerprint density at radius 1 is 1.44 bits per heavy atom. The fourth-order valence-corrected chi connectivity index (χ4v) is 1.64. The lowest BCUT2D eigenvalue weighted by Crippen LogP contribution is -2.19. The van der Waals surface area contributed by atoms with Crippen LogP contribution in [-0.4, -0.2) is 27.7 Å². The highest BCUT2D eigenvalue weighted by Crippen LogP contribution is 2.13. The number of ether oxygens (including phenoxy) is 1. The monoisotopic (exact) mass is 246 g/mol. The molecule has 0 amide bonds. The van der Waals surface area contributed by atoms with Gasteiger partial charge in [-0.3, -0.25) is 0 Å². The molecule has 0 saturated carbocycles. The van der Waals surface area contributed by atoms with Gasteiger partial charge in [0, 0.05) is 18.9 Å². The lowest BCUT2D eigenvalue weighted by molar-refractivity contribution is 0.318. The predicted octanol–water partition coefficient (Wildman–Crippen LogP) is 1.03. The largest absolute Gasteiger partial charge is 0.497 e. The van der Waals surface area contributed by atoms with Crippen molar-refractivity contribution < 1.29 is 9.94 Å². The van der Waals surface area contributed by atoms with Crippen LogP contribution in [0, 0.1) is 0 Å². The molecule has 0 spiro atoms. The Labute approximate surface area is 104 Å². The molecular weight excluding hydrogens is 232 g/mol. The number of methoxy groups -OCH3 is 1. The first kappa shape index (κ1) is 12.0. The Morgan fingerprint density at radius 2 is 2.17 bits per heavy atom. The quantitative estimate of drug-likeness (QED) is 0.365. The van der Waals surface area contributed by atoms with Crippen LogP contribution in [0.1, 0.15) is 11.4 Å². The Balaban J connectivity index is 2.21. The minimum Gasteiger partial charge on any atom is -0.497 e. The normalized spacial score (nSPS) is 11.5. The molecule has 1 aromatic carbocycles. The standard InChI is InChI=1S/C12H14N4O2/c1-18-10-4-2-9(3-5-10)8-16-7-6-14-12(16)11(13)15-17/h2-7,17H,8H2,1H3,(H2,13,15). The molecule has 0 saturated heterocycles. The maximum absolute atomic E-state index is 8.66. The zero-order chi connectivity index (χ0) is 13.0. The summed E-state index contributed by atoms with van der Waals surface area (Å²) in [7, 11) is 1.63. The number of hydrogen-bond acceptors (Lipinski definition) is 4. The highest BCUT2D eigenvalue weighted by molar-refractivity contribution is 5.93. The second kappa shape index (κ2) is 5.22. The fraction of sp³-hybridized carbons (Fsp3) is 0.167.